The molecule has 10 nitrogen and oxygen atoms in total. The molecule has 10 heteroatoms. The number of terminal acetylenes is 1. The van der Waals surface area contributed by atoms with Crippen molar-refractivity contribution in [2.75, 3.05) is 7.11 Å². The highest BCUT2D eigenvalue weighted by Gasteiger charge is 2.52. The maximum atomic E-state index is 13.3. The summed E-state index contributed by atoms with van der Waals surface area (Å²) in [4.78, 5) is 51.9. The van der Waals surface area contributed by atoms with E-state index < -0.39 is 59.6 Å². The predicted molar refractivity (Wildman–Crippen MR) is 128 cm³/mol. The van der Waals surface area contributed by atoms with Crippen molar-refractivity contribution in [3.05, 3.63) is 0 Å². The Morgan fingerprint density at radius 3 is 2.09 bits per heavy atom. The Morgan fingerprint density at radius 2 is 1.66 bits per heavy atom. The summed E-state index contributed by atoms with van der Waals surface area (Å²) in [6.45, 7) is 13.4. The first-order valence-corrected chi connectivity index (χ1v) is 11.7. The predicted octanol–water partition coefficient (Wildman–Crippen LogP) is 2.78. The maximum absolute atomic E-state index is 13.3. The Hall–Kier alpha value is -2.64. The fourth-order valence-electron chi connectivity index (χ4n) is 3.84. The molecule has 0 radical (unpaired) electrons. The van der Waals surface area contributed by atoms with Gasteiger partial charge in [-0.05, 0) is 66.7 Å². The van der Waals surface area contributed by atoms with E-state index in [1.165, 1.54) is 18.9 Å². The van der Waals surface area contributed by atoms with Gasteiger partial charge in [-0.1, -0.05) is 6.92 Å². The molecule has 5 atom stereocenters. The molecular weight excluding hydrogens is 456 g/mol. The minimum absolute atomic E-state index is 0.00229. The molecule has 198 valence electrons. The quantitative estimate of drug-likeness (QED) is 0.224. The monoisotopic (exact) mass is 496 g/mol. The number of amides is 2. The Kier molecular flexibility index (Phi) is 10.7. The van der Waals surface area contributed by atoms with Gasteiger partial charge in [0, 0.05) is 20.1 Å². The van der Waals surface area contributed by atoms with Crippen molar-refractivity contribution in [1.29, 1.82) is 0 Å². The van der Waals surface area contributed by atoms with Gasteiger partial charge in [0.05, 0.1) is 12.0 Å². The number of carbonyl (C=O) groups is 4. The number of nitrogens with one attached hydrogen (secondary N) is 1. The summed E-state index contributed by atoms with van der Waals surface area (Å²) in [7, 11) is 1.37. The second-order valence-electron chi connectivity index (χ2n) is 10.5. The van der Waals surface area contributed by atoms with E-state index >= 15 is 0 Å². The van der Waals surface area contributed by atoms with Crippen LogP contribution in [0.3, 0.4) is 0 Å². The van der Waals surface area contributed by atoms with Gasteiger partial charge >= 0.3 is 12.1 Å². The first kappa shape index (κ1) is 30.4. The number of rotatable bonds is 9. The lowest BCUT2D eigenvalue weighted by Gasteiger charge is -2.35. The average molecular weight is 497 g/mol. The van der Waals surface area contributed by atoms with Gasteiger partial charge in [0.25, 0.3) is 0 Å². The molecule has 2 amide bonds. The normalized spacial score (nSPS) is 22.1. The number of likely N-dealkylation sites (tertiary alicyclic amines) is 1. The van der Waals surface area contributed by atoms with Crippen molar-refractivity contribution in [3.8, 4) is 12.3 Å². The number of hydrogen-bond donors (Lipinski definition) is 1. The molecule has 0 bridgehead atoms. The topological polar surface area (TPSA) is 120 Å². The highest BCUT2D eigenvalue weighted by molar-refractivity contribution is 5.99. The number of esters is 1. The van der Waals surface area contributed by atoms with Crippen LogP contribution in [0.15, 0.2) is 0 Å². The molecule has 0 aromatic rings. The number of methoxy groups -OCH3 is 1. The molecule has 1 fully saturated rings. The summed E-state index contributed by atoms with van der Waals surface area (Å²) in [6, 6.07) is -1.87. The number of nitrogens with zero attached hydrogens (tertiary/aromatic N) is 1. The van der Waals surface area contributed by atoms with Crippen molar-refractivity contribution >= 4 is 23.8 Å². The van der Waals surface area contributed by atoms with Gasteiger partial charge in [0.2, 0.25) is 18.1 Å². The summed E-state index contributed by atoms with van der Waals surface area (Å²) in [6.07, 6.45) is 3.70. The van der Waals surface area contributed by atoms with Gasteiger partial charge in [-0.3, -0.25) is 14.5 Å². The smallest absolute Gasteiger partial charge is 0.411 e. The van der Waals surface area contributed by atoms with Crippen LogP contribution in [0.5, 0.6) is 0 Å². The fourth-order valence-corrected chi connectivity index (χ4v) is 3.84. The molecule has 0 spiro atoms. The second-order valence-corrected chi connectivity index (χ2v) is 10.5. The molecular formula is C25H40N2O8. The number of Topliss-reactive ketones (excluding diaryl/α,β-unsaturated/α-hetero) is 1. The van der Waals surface area contributed by atoms with Gasteiger partial charge in [0.1, 0.15) is 17.2 Å². The first-order chi connectivity index (χ1) is 16.0. The summed E-state index contributed by atoms with van der Waals surface area (Å²) in [5, 5.41) is 2.52. The molecule has 35 heavy (non-hydrogen) atoms. The standard InChI is InChI=1S/C25H40N2O8/c1-11-16(33-22(32-10)26-15(3)28)13-18-17(20(29)12-2)14-19(21(30)34-24(4,5)6)27(18)23(31)35-25(7,8)9/h2,16-19,22H,11,13-14H2,1,3-10H3,(H,26,28)/t16-,17-,18-,19-,22?/m1/s1. The van der Waals surface area contributed by atoms with Crippen molar-refractivity contribution < 1.29 is 38.1 Å². The van der Waals surface area contributed by atoms with Gasteiger partial charge in [0.15, 0.2) is 0 Å². The molecule has 1 aliphatic rings. The molecule has 0 aromatic carbocycles. The van der Waals surface area contributed by atoms with Crippen molar-refractivity contribution in [3.63, 3.8) is 0 Å². The highest BCUT2D eigenvalue weighted by atomic mass is 16.7. The van der Waals surface area contributed by atoms with E-state index in [0.717, 1.165) is 0 Å². The van der Waals surface area contributed by atoms with E-state index in [9.17, 15) is 19.2 Å². The van der Waals surface area contributed by atoms with E-state index in [2.05, 4.69) is 11.2 Å². The zero-order valence-electron chi connectivity index (χ0n) is 22.3. The Labute approximate surface area is 208 Å². The molecule has 1 aliphatic heterocycles. The first-order valence-electron chi connectivity index (χ1n) is 11.7. The number of ketones is 1. The van der Waals surface area contributed by atoms with Gasteiger partial charge < -0.3 is 24.3 Å². The third-order valence-electron chi connectivity index (χ3n) is 5.21. The third-order valence-corrected chi connectivity index (χ3v) is 5.21. The van der Waals surface area contributed by atoms with Gasteiger partial charge in [-0.2, -0.15) is 0 Å². The fraction of sp³-hybridized carbons (Fsp3) is 0.760. The molecule has 0 aliphatic carbocycles. The van der Waals surface area contributed by atoms with Crippen LogP contribution in [0.25, 0.3) is 0 Å². The number of hydrogen-bond acceptors (Lipinski definition) is 8. The largest absolute Gasteiger partial charge is 0.458 e. The Bertz CT molecular complexity index is 821. The van der Waals surface area contributed by atoms with Crippen LogP contribution >= 0.6 is 0 Å². The van der Waals surface area contributed by atoms with Crippen LogP contribution in [0, 0.1) is 18.3 Å². The minimum atomic E-state index is -1.07. The SMILES string of the molecule is C#CC(=O)[C@@H]1C[C@H](C(=O)OC(C)(C)C)N(C(=O)OC(C)(C)C)[C@@H]1C[C@@H](CC)OC(NC(C)=O)OC. The molecule has 1 saturated heterocycles. The van der Waals surface area contributed by atoms with E-state index in [4.69, 9.17) is 25.4 Å². The van der Waals surface area contributed by atoms with E-state index in [0.29, 0.717) is 6.42 Å². The van der Waals surface area contributed by atoms with Crippen LogP contribution in [-0.2, 0) is 33.3 Å². The van der Waals surface area contributed by atoms with Crippen molar-refractivity contribution in [2.24, 2.45) is 5.92 Å². The average Bonchev–Trinajstić information content (AvgIpc) is 3.08. The molecule has 1 heterocycles. The van der Waals surface area contributed by atoms with Crippen LogP contribution in [0.2, 0.25) is 0 Å². The Morgan fingerprint density at radius 1 is 1.09 bits per heavy atom. The molecule has 0 aromatic heterocycles. The lowest BCUT2D eigenvalue weighted by atomic mass is 9.90. The maximum Gasteiger partial charge on any atom is 0.411 e. The second kappa shape index (κ2) is 12.4. The van der Waals surface area contributed by atoms with Crippen molar-refractivity contribution in [2.45, 2.75) is 110 Å². The number of ether oxygens (including phenoxy) is 4. The van der Waals surface area contributed by atoms with E-state index in [1.54, 1.807) is 41.5 Å². The lowest BCUT2D eigenvalue weighted by molar-refractivity contribution is -0.182. The van der Waals surface area contributed by atoms with Gasteiger partial charge in [-0.25, -0.2) is 9.59 Å². The summed E-state index contributed by atoms with van der Waals surface area (Å²) >= 11 is 0. The molecule has 0 saturated carbocycles. The zero-order chi connectivity index (χ0) is 27.1. The van der Waals surface area contributed by atoms with Crippen molar-refractivity contribution in [1.82, 2.24) is 10.2 Å². The summed E-state index contributed by atoms with van der Waals surface area (Å²) in [5.74, 6) is -0.236. The highest BCUT2D eigenvalue weighted by Crippen LogP contribution is 2.37. The summed E-state index contributed by atoms with van der Waals surface area (Å²) < 4.78 is 22.2. The third kappa shape index (κ3) is 9.49. The van der Waals surface area contributed by atoms with Crippen LogP contribution < -0.4 is 5.32 Å². The van der Waals surface area contributed by atoms with Gasteiger partial charge in [-0.15, -0.1) is 6.42 Å². The minimum Gasteiger partial charge on any atom is -0.458 e. The Balaban J connectivity index is 3.40. The zero-order valence-corrected chi connectivity index (χ0v) is 22.3. The van der Waals surface area contributed by atoms with Crippen LogP contribution in [-0.4, -0.2) is 71.6 Å². The molecule has 1 N–H and O–H groups in total. The lowest BCUT2D eigenvalue weighted by Crippen LogP contribution is -2.51. The number of carbonyl (C=O) groups excluding carboxylic acids is 4. The van der Waals surface area contributed by atoms with E-state index in [-0.39, 0.29) is 18.7 Å². The molecule has 1 rings (SSSR count). The van der Waals surface area contributed by atoms with E-state index in [1.807, 2.05) is 6.92 Å². The molecule has 1 unspecified atom stereocenters. The summed E-state index contributed by atoms with van der Waals surface area (Å²) in [5.41, 5.74) is -1.65. The van der Waals surface area contributed by atoms with Crippen LogP contribution in [0.4, 0.5) is 4.79 Å². The van der Waals surface area contributed by atoms with Crippen LogP contribution in [0.1, 0.15) is 74.7 Å².